The number of hydrogen-bond donors (Lipinski definition) is 0. The van der Waals surface area contributed by atoms with Crippen molar-refractivity contribution in [3.8, 4) is 0 Å². The molecule has 6 heteroatoms. The predicted octanol–water partition coefficient (Wildman–Crippen LogP) is 13.9. The molecule has 0 saturated heterocycles. The maximum atomic E-state index is 14.9. The summed E-state index contributed by atoms with van der Waals surface area (Å²) >= 11 is 0. The molecule has 0 amide bonds. The van der Waals surface area contributed by atoms with E-state index in [1.54, 1.807) is 24.3 Å². The van der Waals surface area contributed by atoms with E-state index in [0.29, 0.717) is 0 Å². The minimum absolute atomic E-state index is 0.282. The van der Waals surface area contributed by atoms with Gasteiger partial charge in [0.2, 0.25) is 0 Å². The van der Waals surface area contributed by atoms with Crippen molar-refractivity contribution in [1.29, 1.82) is 0 Å². The lowest BCUT2D eigenvalue weighted by molar-refractivity contribution is 0.627. The summed E-state index contributed by atoms with van der Waals surface area (Å²) in [7, 11) is -1.83. The molecule has 2 nitrogen and oxygen atoms in total. The second-order valence-corrected chi connectivity index (χ2v) is 23.2. The Balaban J connectivity index is 1.37. The third-order valence-electron chi connectivity index (χ3n) is 9.84. The molecule has 262 valence electrons. The molecule has 0 radical (unpaired) electrons. The van der Waals surface area contributed by atoms with Crippen molar-refractivity contribution in [2.45, 2.75) is 9.79 Å². The zero-order valence-electron chi connectivity index (χ0n) is 30.3. The Kier molecular flexibility index (Phi) is 8.43. The minimum atomic E-state index is -0.916. The van der Waals surface area contributed by atoms with Crippen molar-refractivity contribution in [2.24, 2.45) is 0 Å². The molecule has 0 N–H and O–H groups in total. The Hall–Kier alpha value is -5.04. The van der Waals surface area contributed by atoms with E-state index in [0.717, 1.165) is 66.4 Å². The fourth-order valence-electron chi connectivity index (χ4n) is 7.25. The van der Waals surface area contributed by atoms with E-state index in [9.17, 15) is 8.78 Å². The van der Waals surface area contributed by atoms with Gasteiger partial charge in [-0.2, -0.15) is 0 Å². The Morgan fingerprint density at radius 1 is 0.385 bits per heavy atom. The molecule has 0 atom stereocenters. The summed E-state index contributed by atoms with van der Waals surface area (Å²) in [4.78, 5) is 6.95. The highest BCUT2D eigenvalue weighted by Gasteiger charge is 2.23. The number of anilines is 6. The monoisotopic (exact) mass is 724 g/mol. The van der Waals surface area contributed by atoms with E-state index in [-0.39, 0.29) is 11.6 Å². The zero-order chi connectivity index (χ0) is 36.4. The Bertz CT molecular complexity index is 2390. The molecule has 8 aromatic rings. The normalized spacial score (nSPS) is 12.8. The second kappa shape index (κ2) is 12.9. The standard InChI is InChI=1S/C46H42F2N2S2/c1-51(2,3)39-21-17-35(18-22-39)49(37-11-7-9-33(47)29-37)43-27-15-31-14-26-42-44(28-16-32-13-25-41(43)45(31)46(32)42)50(38-12-8-10-34(48)30-38)36-19-23-40(24-20-36)52(4,5)6/h7-30H,1-6H3. The van der Waals surface area contributed by atoms with Gasteiger partial charge in [-0.05, 0) is 166 Å². The van der Waals surface area contributed by atoms with Crippen LogP contribution in [-0.4, -0.2) is 37.5 Å². The molecule has 0 saturated carbocycles. The van der Waals surface area contributed by atoms with Gasteiger partial charge in [-0.25, -0.2) is 28.8 Å². The van der Waals surface area contributed by atoms with Crippen LogP contribution in [0.15, 0.2) is 155 Å². The molecule has 52 heavy (non-hydrogen) atoms. The van der Waals surface area contributed by atoms with Gasteiger partial charge in [0.05, 0.1) is 11.4 Å². The van der Waals surface area contributed by atoms with Crippen LogP contribution in [0.25, 0.3) is 32.3 Å². The Morgan fingerprint density at radius 2 is 0.750 bits per heavy atom. The van der Waals surface area contributed by atoms with Crippen molar-refractivity contribution < 1.29 is 8.78 Å². The molecule has 8 rings (SSSR count). The average molecular weight is 725 g/mol. The molecule has 8 aromatic carbocycles. The summed E-state index contributed by atoms with van der Waals surface area (Å²) in [5.41, 5.74) is 5.37. The predicted molar refractivity (Wildman–Crippen MR) is 227 cm³/mol. The highest BCUT2D eigenvalue weighted by Crippen LogP contribution is 2.50. The lowest BCUT2D eigenvalue weighted by Gasteiger charge is -2.31. The third-order valence-corrected chi connectivity index (χ3v) is 13.2. The highest BCUT2D eigenvalue weighted by atomic mass is 32.3. The Morgan fingerprint density at radius 3 is 1.10 bits per heavy atom. The summed E-state index contributed by atoms with van der Waals surface area (Å²) < 4.78 is 29.7. The largest absolute Gasteiger partial charge is 0.310 e. The van der Waals surface area contributed by atoms with Crippen molar-refractivity contribution in [1.82, 2.24) is 0 Å². The molecule has 0 aliphatic carbocycles. The van der Waals surface area contributed by atoms with Gasteiger partial charge in [0.25, 0.3) is 0 Å². The summed E-state index contributed by atoms with van der Waals surface area (Å²) in [5, 5.41) is 6.65. The van der Waals surface area contributed by atoms with Gasteiger partial charge in [-0.15, -0.1) is 0 Å². The van der Waals surface area contributed by atoms with Crippen LogP contribution in [0.3, 0.4) is 0 Å². The smallest absolute Gasteiger partial charge is 0.125 e. The molecule has 0 aromatic heterocycles. The number of benzene rings is 8. The molecule has 0 fully saturated rings. The first kappa shape index (κ1) is 34.1. The van der Waals surface area contributed by atoms with Crippen LogP contribution in [-0.2, 0) is 0 Å². The lowest BCUT2D eigenvalue weighted by Crippen LogP contribution is -2.12. The molecule has 0 bridgehead atoms. The maximum absolute atomic E-state index is 14.9. The van der Waals surface area contributed by atoms with Crippen LogP contribution in [0.4, 0.5) is 42.9 Å². The molecular weight excluding hydrogens is 683 g/mol. The van der Waals surface area contributed by atoms with Gasteiger partial charge in [-0.1, -0.05) is 48.5 Å². The first-order valence-electron chi connectivity index (χ1n) is 17.3. The molecule has 0 aliphatic rings. The van der Waals surface area contributed by atoms with Crippen LogP contribution < -0.4 is 9.80 Å². The molecule has 0 heterocycles. The number of nitrogens with zero attached hydrogens (tertiary/aromatic N) is 2. The Labute approximate surface area is 308 Å². The maximum Gasteiger partial charge on any atom is 0.125 e. The average Bonchev–Trinajstić information content (AvgIpc) is 3.11. The van der Waals surface area contributed by atoms with Crippen molar-refractivity contribution in [3.63, 3.8) is 0 Å². The summed E-state index contributed by atoms with van der Waals surface area (Å²) in [5.74, 6) is -0.565. The first-order chi connectivity index (χ1) is 24.9. The van der Waals surface area contributed by atoms with Crippen LogP contribution in [0.1, 0.15) is 0 Å². The summed E-state index contributed by atoms with van der Waals surface area (Å²) in [6.07, 6.45) is 13.7. The van der Waals surface area contributed by atoms with E-state index >= 15 is 0 Å². The third kappa shape index (κ3) is 6.14. The molecule has 0 unspecified atom stereocenters. The lowest BCUT2D eigenvalue weighted by atomic mass is 9.91. The second-order valence-electron chi connectivity index (χ2n) is 14.9. The fourth-order valence-corrected chi connectivity index (χ4v) is 9.16. The summed E-state index contributed by atoms with van der Waals surface area (Å²) in [6.45, 7) is 0. The SMILES string of the molecule is CS(C)(C)c1ccc(N(c2cccc(F)c2)c2ccc3ccc4c(N(c5ccc(S(C)(C)C)cc5)c5cccc(F)c5)ccc5ccc2c3c54)cc1. The first-order valence-corrected chi connectivity index (χ1v) is 23.0. The van der Waals surface area contributed by atoms with E-state index in [4.69, 9.17) is 0 Å². The molecular formula is C46H42F2N2S2. The van der Waals surface area contributed by atoms with E-state index in [2.05, 4.69) is 144 Å². The number of rotatable bonds is 8. The van der Waals surface area contributed by atoms with Crippen molar-refractivity contribution in [3.05, 3.63) is 157 Å². The summed E-state index contributed by atoms with van der Waals surface area (Å²) in [6, 6.07) is 48.4. The fraction of sp³-hybridized carbons (Fsp3) is 0.130. The van der Waals surface area contributed by atoms with Gasteiger partial charge in [0.15, 0.2) is 0 Å². The highest BCUT2D eigenvalue weighted by molar-refractivity contribution is 8.32. The molecule has 0 aliphatic heterocycles. The van der Waals surface area contributed by atoms with E-state index in [1.165, 1.54) is 21.9 Å². The van der Waals surface area contributed by atoms with Crippen molar-refractivity contribution in [2.75, 3.05) is 47.3 Å². The van der Waals surface area contributed by atoms with Gasteiger partial charge < -0.3 is 9.80 Å². The van der Waals surface area contributed by atoms with Gasteiger partial charge >= 0.3 is 0 Å². The zero-order valence-corrected chi connectivity index (χ0v) is 32.0. The van der Waals surface area contributed by atoms with Gasteiger partial charge in [0.1, 0.15) is 11.6 Å². The van der Waals surface area contributed by atoms with Gasteiger partial charge in [0, 0.05) is 33.5 Å². The van der Waals surface area contributed by atoms with Gasteiger partial charge in [-0.3, -0.25) is 0 Å². The van der Waals surface area contributed by atoms with Crippen LogP contribution in [0, 0.1) is 11.6 Å². The van der Waals surface area contributed by atoms with Crippen LogP contribution in [0.2, 0.25) is 0 Å². The van der Waals surface area contributed by atoms with Crippen LogP contribution >= 0.6 is 20.1 Å². The van der Waals surface area contributed by atoms with E-state index < -0.39 is 20.1 Å². The van der Waals surface area contributed by atoms with Crippen molar-refractivity contribution >= 4 is 86.5 Å². The van der Waals surface area contributed by atoms with Crippen LogP contribution in [0.5, 0.6) is 0 Å². The number of hydrogen-bond acceptors (Lipinski definition) is 2. The van der Waals surface area contributed by atoms with E-state index in [1.807, 2.05) is 12.1 Å². The minimum Gasteiger partial charge on any atom is -0.310 e. The quantitative estimate of drug-likeness (QED) is 0.144. The number of halogens is 2. The topological polar surface area (TPSA) is 6.48 Å². The molecule has 0 spiro atoms.